The maximum atomic E-state index is 12.3. The van der Waals surface area contributed by atoms with E-state index in [2.05, 4.69) is 41.1 Å². The van der Waals surface area contributed by atoms with Crippen molar-refractivity contribution in [3.05, 3.63) is 30.5 Å². The summed E-state index contributed by atoms with van der Waals surface area (Å²) >= 11 is 0. The third-order valence-electron chi connectivity index (χ3n) is 4.16. The van der Waals surface area contributed by atoms with Crippen LogP contribution in [0.3, 0.4) is 0 Å². The zero-order valence-corrected chi connectivity index (χ0v) is 14.3. The summed E-state index contributed by atoms with van der Waals surface area (Å²) in [4.78, 5) is 19.7. The number of hydrogen-bond donors (Lipinski definition) is 1. The second-order valence-electron chi connectivity index (χ2n) is 7.22. The summed E-state index contributed by atoms with van der Waals surface area (Å²) in [6.07, 6.45) is 1.74. The van der Waals surface area contributed by atoms with Gasteiger partial charge in [0.25, 0.3) is 0 Å². The third kappa shape index (κ3) is 3.44. The smallest absolute Gasteiger partial charge is 0.410 e. The number of aromatic amines is 1. The van der Waals surface area contributed by atoms with Gasteiger partial charge in [0, 0.05) is 48.5 Å². The largest absolute Gasteiger partial charge is 0.444 e. The summed E-state index contributed by atoms with van der Waals surface area (Å²) in [5.74, 6) is 0. The molecule has 23 heavy (non-hydrogen) atoms. The Labute approximate surface area is 137 Å². The van der Waals surface area contributed by atoms with Gasteiger partial charge in [-0.05, 0) is 52.0 Å². The van der Waals surface area contributed by atoms with Crippen molar-refractivity contribution in [1.29, 1.82) is 0 Å². The van der Waals surface area contributed by atoms with Gasteiger partial charge in [0.1, 0.15) is 5.60 Å². The van der Waals surface area contributed by atoms with Crippen LogP contribution in [0.15, 0.2) is 30.5 Å². The van der Waals surface area contributed by atoms with Crippen LogP contribution in [-0.2, 0) is 4.74 Å². The lowest BCUT2D eigenvalue weighted by atomic mass is 10.1. The molecule has 0 aliphatic carbocycles. The normalized spacial score (nSPS) is 19.2. The molecule has 1 aromatic carbocycles. The van der Waals surface area contributed by atoms with Crippen LogP contribution in [0.5, 0.6) is 0 Å². The van der Waals surface area contributed by atoms with E-state index in [1.165, 1.54) is 11.1 Å². The molecule has 2 aromatic rings. The van der Waals surface area contributed by atoms with Crippen molar-refractivity contribution < 1.29 is 9.53 Å². The first-order valence-corrected chi connectivity index (χ1v) is 8.15. The number of nitrogens with zero attached hydrogens (tertiary/aromatic N) is 2. The summed E-state index contributed by atoms with van der Waals surface area (Å²) in [5.41, 5.74) is 1.90. The number of benzene rings is 1. The van der Waals surface area contributed by atoms with E-state index in [4.69, 9.17) is 4.74 Å². The van der Waals surface area contributed by atoms with Crippen molar-refractivity contribution in [3.63, 3.8) is 0 Å². The van der Waals surface area contributed by atoms with Gasteiger partial charge >= 0.3 is 6.09 Å². The molecular weight excluding hydrogens is 290 g/mol. The second-order valence-corrected chi connectivity index (χ2v) is 7.22. The number of amides is 1. The summed E-state index contributed by atoms with van der Waals surface area (Å²) in [5, 5.41) is 1.21. The zero-order valence-electron chi connectivity index (χ0n) is 14.3. The van der Waals surface area contributed by atoms with Crippen molar-refractivity contribution >= 4 is 22.7 Å². The minimum absolute atomic E-state index is 0.125. The molecule has 1 amide bonds. The maximum absolute atomic E-state index is 12.3. The van der Waals surface area contributed by atoms with Crippen LogP contribution in [0.4, 0.5) is 10.5 Å². The SMILES string of the molecule is CC1CN(c2ccc3[nH]ccc3c2)CCN1C(=O)OC(C)(C)C. The van der Waals surface area contributed by atoms with Crippen molar-refractivity contribution in [2.75, 3.05) is 24.5 Å². The second kappa shape index (κ2) is 5.80. The van der Waals surface area contributed by atoms with E-state index >= 15 is 0 Å². The van der Waals surface area contributed by atoms with Crippen molar-refractivity contribution in [2.45, 2.75) is 39.3 Å². The molecular formula is C18H25N3O2. The highest BCUT2D eigenvalue weighted by Gasteiger charge is 2.30. The van der Waals surface area contributed by atoms with Gasteiger partial charge in [-0.1, -0.05) is 0 Å². The first kappa shape index (κ1) is 15.7. The lowest BCUT2D eigenvalue weighted by Gasteiger charge is -2.41. The molecule has 1 saturated heterocycles. The maximum Gasteiger partial charge on any atom is 0.410 e. The van der Waals surface area contributed by atoms with Gasteiger partial charge in [0.05, 0.1) is 0 Å². The molecule has 1 unspecified atom stereocenters. The van der Waals surface area contributed by atoms with Gasteiger partial charge in [-0.15, -0.1) is 0 Å². The van der Waals surface area contributed by atoms with Crippen molar-refractivity contribution in [2.24, 2.45) is 0 Å². The quantitative estimate of drug-likeness (QED) is 0.874. The molecule has 124 valence electrons. The number of anilines is 1. The van der Waals surface area contributed by atoms with Crippen LogP contribution in [0.1, 0.15) is 27.7 Å². The van der Waals surface area contributed by atoms with Crippen LogP contribution in [0, 0.1) is 0 Å². The number of ether oxygens (including phenoxy) is 1. The summed E-state index contributed by atoms with van der Waals surface area (Å²) in [7, 11) is 0. The Kier molecular flexibility index (Phi) is 3.96. The molecule has 0 spiro atoms. The number of carbonyl (C=O) groups is 1. The van der Waals surface area contributed by atoms with Gasteiger partial charge in [-0.2, -0.15) is 0 Å². The average Bonchev–Trinajstić information content (AvgIpc) is 2.92. The van der Waals surface area contributed by atoms with E-state index in [1.807, 2.05) is 31.9 Å². The fourth-order valence-electron chi connectivity index (χ4n) is 3.02. The fraction of sp³-hybridized carbons (Fsp3) is 0.500. The Hall–Kier alpha value is -2.17. The van der Waals surface area contributed by atoms with Crippen LogP contribution >= 0.6 is 0 Å². The molecule has 1 fully saturated rings. The van der Waals surface area contributed by atoms with Gasteiger partial charge in [-0.25, -0.2) is 4.79 Å². The molecule has 3 rings (SSSR count). The van der Waals surface area contributed by atoms with E-state index in [9.17, 15) is 4.79 Å². The van der Waals surface area contributed by atoms with E-state index < -0.39 is 5.60 Å². The van der Waals surface area contributed by atoms with Crippen LogP contribution in [0.2, 0.25) is 0 Å². The Morgan fingerprint density at radius 1 is 1.26 bits per heavy atom. The first-order valence-electron chi connectivity index (χ1n) is 8.15. The van der Waals surface area contributed by atoms with Crippen molar-refractivity contribution in [3.8, 4) is 0 Å². The molecule has 5 heteroatoms. The monoisotopic (exact) mass is 315 g/mol. The molecule has 1 N–H and O–H groups in total. The summed E-state index contributed by atoms with van der Waals surface area (Å²) in [6, 6.07) is 8.64. The van der Waals surface area contributed by atoms with Crippen LogP contribution < -0.4 is 4.90 Å². The minimum atomic E-state index is -0.451. The third-order valence-corrected chi connectivity index (χ3v) is 4.16. The molecule has 1 aliphatic heterocycles. The molecule has 1 atom stereocenters. The highest BCUT2D eigenvalue weighted by atomic mass is 16.6. The van der Waals surface area contributed by atoms with Crippen LogP contribution in [0.25, 0.3) is 10.9 Å². The molecule has 0 radical (unpaired) electrons. The Bertz CT molecular complexity index is 702. The molecule has 1 aromatic heterocycles. The van der Waals surface area contributed by atoms with Gasteiger partial charge in [-0.3, -0.25) is 0 Å². The van der Waals surface area contributed by atoms with Crippen LogP contribution in [-0.4, -0.2) is 47.3 Å². The summed E-state index contributed by atoms with van der Waals surface area (Å²) < 4.78 is 5.50. The molecule has 2 heterocycles. The zero-order chi connectivity index (χ0) is 16.6. The van der Waals surface area contributed by atoms with Crippen molar-refractivity contribution in [1.82, 2.24) is 9.88 Å². The number of nitrogens with one attached hydrogen (secondary N) is 1. The number of aromatic nitrogens is 1. The summed E-state index contributed by atoms with van der Waals surface area (Å²) in [6.45, 7) is 10.1. The lowest BCUT2D eigenvalue weighted by Crippen LogP contribution is -2.55. The lowest BCUT2D eigenvalue weighted by molar-refractivity contribution is 0.0159. The van der Waals surface area contributed by atoms with E-state index in [-0.39, 0.29) is 12.1 Å². The van der Waals surface area contributed by atoms with E-state index in [1.54, 1.807) is 0 Å². The highest BCUT2D eigenvalue weighted by molar-refractivity contribution is 5.83. The number of H-pyrrole nitrogens is 1. The minimum Gasteiger partial charge on any atom is -0.444 e. The number of rotatable bonds is 1. The molecule has 0 saturated carbocycles. The predicted molar refractivity (Wildman–Crippen MR) is 92.9 cm³/mol. The Morgan fingerprint density at radius 3 is 2.74 bits per heavy atom. The van der Waals surface area contributed by atoms with Gasteiger partial charge in [0.2, 0.25) is 0 Å². The number of carbonyl (C=O) groups excluding carboxylic acids is 1. The molecule has 5 nitrogen and oxygen atoms in total. The van der Waals surface area contributed by atoms with Gasteiger partial charge < -0.3 is 19.5 Å². The first-order chi connectivity index (χ1) is 10.8. The Balaban J connectivity index is 1.69. The van der Waals surface area contributed by atoms with E-state index in [0.717, 1.165) is 18.6 Å². The Morgan fingerprint density at radius 2 is 2.04 bits per heavy atom. The van der Waals surface area contributed by atoms with E-state index in [0.29, 0.717) is 6.54 Å². The standard InChI is InChI=1S/C18H25N3O2/c1-13-12-20(9-10-21(13)17(22)23-18(2,3)4)15-5-6-16-14(11-15)7-8-19-16/h5-8,11,13,19H,9-10,12H2,1-4H3. The topological polar surface area (TPSA) is 48.6 Å². The van der Waals surface area contributed by atoms with Gasteiger partial charge in [0.15, 0.2) is 0 Å². The average molecular weight is 315 g/mol. The number of hydrogen-bond acceptors (Lipinski definition) is 3. The fourth-order valence-corrected chi connectivity index (χ4v) is 3.02. The molecule has 0 bridgehead atoms. The number of fused-ring (bicyclic) bond motifs is 1. The molecule has 1 aliphatic rings. The predicted octanol–water partition coefficient (Wildman–Crippen LogP) is 3.61. The highest BCUT2D eigenvalue weighted by Crippen LogP contribution is 2.24. The number of piperazine rings is 1.